The molecule has 2 nitrogen and oxygen atoms in total. The zero-order valence-electron chi connectivity index (χ0n) is 14.4. The van der Waals surface area contributed by atoms with Gasteiger partial charge in [-0.2, -0.15) is 0 Å². The number of nitrogens with zero attached hydrogens (tertiary/aromatic N) is 1. The zero-order chi connectivity index (χ0) is 16.1. The summed E-state index contributed by atoms with van der Waals surface area (Å²) < 4.78 is 0. The number of rotatable bonds is 5. The Labute approximate surface area is 140 Å². The van der Waals surface area contributed by atoms with Crippen molar-refractivity contribution in [2.45, 2.75) is 39.2 Å². The van der Waals surface area contributed by atoms with Gasteiger partial charge in [0, 0.05) is 12.2 Å². The van der Waals surface area contributed by atoms with Crippen LogP contribution in [0.2, 0.25) is 0 Å². The third-order valence-electron chi connectivity index (χ3n) is 4.65. The lowest BCUT2D eigenvalue weighted by Gasteiger charge is -2.31. The third-order valence-corrected chi connectivity index (χ3v) is 4.65. The molecule has 122 valence electrons. The molecule has 23 heavy (non-hydrogen) atoms. The van der Waals surface area contributed by atoms with Crippen LogP contribution in [0.15, 0.2) is 48.5 Å². The van der Waals surface area contributed by atoms with Crippen LogP contribution in [-0.2, 0) is 0 Å². The van der Waals surface area contributed by atoms with Crippen molar-refractivity contribution in [3.05, 3.63) is 65.2 Å². The number of piperidine rings is 1. The number of nitrogens with one attached hydrogen (secondary N) is 1. The van der Waals surface area contributed by atoms with Gasteiger partial charge in [-0.25, -0.2) is 0 Å². The van der Waals surface area contributed by atoms with Crippen LogP contribution in [0.1, 0.15) is 42.0 Å². The van der Waals surface area contributed by atoms with Crippen LogP contribution in [0.5, 0.6) is 0 Å². The van der Waals surface area contributed by atoms with Gasteiger partial charge in [0.1, 0.15) is 0 Å². The van der Waals surface area contributed by atoms with Crippen LogP contribution in [0, 0.1) is 13.8 Å². The third kappa shape index (κ3) is 4.59. The van der Waals surface area contributed by atoms with E-state index in [1.54, 1.807) is 0 Å². The number of hydrogen-bond acceptors (Lipinski definition) is 2. The van der Waals surface area contributed by atoms with Gasteiger partial charge in [-0.3, -0.25) is 0 Å². The van der Waals surface area contributed by atoms with Gasteiger partial charge in [0.15, 0.2) is 0 Å². The van der Waals surface area contributed by atoms with E-state index in [4.69, 9.17) is 0 Å². The lowest BCUT2D eigenvalue weighted by atomic mass is 10.0. The molecule has 0 radical (unpaired) electrons. The van der Waals surface area contributed by atoms with Crippen molar-refractivity contribution in [3.8, 4) is 0 Å². The number of benzene rings is 2. The Balaban J connectivity index is 1.79. The molecule has 1 heterocycles. The first-order chi connectivity index (χ1) is 11.2. The van der Waals surface area contributed by atoms with E-state index in [2.05, 4.69) is 72.6 Å². The normalized spacial score (nSPS) is 17.0. The number of likely N-dealkylation sites (tertiary alicyclic amines) is 1. The Bertz CT molecular complexity index is 595. The predicted octanol–water partition coefficient (Wildman–Crippen LogP) is 4.94. The molecular formula is C21H28N2. The Morgan fingerprint density at radius 2 is 1.57 bits per heavy atom. The second kappa shape index (κ2) is 7.65. The molecule has 1 N–H and O–H groups in total. The Morgan fingerprint density at radius 1 is 0.913 bits per heavy atom. The highest BCUT2D eigenvalue weighted by Gasteiger charge is 2.18. The highest BCUT2D eigenvalue weighted by Crippen LogP contribution is 2.24. The van der Waals surface area contributed by atoms with E-state index in [0.717, 1.165) is 6.54 Å². The molecule has 2 aromatic rings. The van der Waals surface area contributed by atoms with Gasteiger partial charge in [0.25, 0.3) is 0 Å². The standard InChI is InChI=1S/C21H28N2/c1-17-13-18(2)15-20(14-17)22-21(19-9-5-3-6-10-19)16-23-11-7-4-8-12-23/h3,5-6,9-10,13-15,21-22H,4,7-8,11-12,16H2,1-2H3/t21-/m1/s1. The molecular weight excluding hydrogens is 280 g/mol. The van der Waals surface area contributed by atoms with Crippen molar-refractivity contribution < 1.29 is 0 Å². The zero-order valence-corrected chi connectivity index (χ0v) is 14.4. The molecule has 0 spiro atoms. The summed E-state index contributed by atoms with van der Waals surface area (Å²) in [5, 5.41) is 3.78. The van der Waals surface area contributed by atoms with Crippen LogP contribution < -0.4 is 5.32 Å². The quantitative estimate of drug-likeness (QED) is 0.841. The molecule has 2 heteroatoms. The van der Waals surface area contributed by atoms with Crippen molar-refractivity contribution in [1.82, 2.24) is 4.90 Å². The Morgan fingerprint density at radius 3 is 2.22 bits per heavy atom. The van der Waals surface area contributed by atoms with E-state index in [1.807, 2.05) is 0 Å². The van der Waals surface area contributed by atoms with Crippen molar-refractivity contribution in [3.63, 3.8) is 0 Å². The lowest BCUT2D eigenvalue weighted by molar-refractivity contribution is 0.220. The molecule has 1 atom stereocenters. The second-order valence-corrected chi connectivity index (χ2v) is 6.85. The fourth-order valence-electron chi connectivity index (χ4n) is 3.58. The highest BCUT2D eigenvalue weighted by molar-refractivity contribution is 5.50. The van der Waals surface area contributed by atoms with E-state index in [9.17, 15) is 0 Å². The van der Waals surface area contributed by atoms with Crippen LogP contribution in [0.25, 0.3) is 0 Å². The molecule has 0 saturated carbocycles. The summed E-state index contributed by atoms with van der Waals surface area (Å²) in [6.45, 7) is 7.88. The van der Waals surface area contributed by atoms with Gasteiger partial charge in [-0.15, -0.1) is 0 Å². The fourth-order valence-corrected chi connectivity index (χ4v) is 3.58. The van der Waals surface area contributed by atoms with Gasteiger partial charge >= 0.3 is 0 Å². The van der Waals surface area contributed by atoms with Crippen molar-refractivity contribution >= 4 is 5.69 Å². The molecule has 0 unspecified atom stereocenters. The van der Waals surface area contributed by atoms with Crippen LogP contribution >= 0.6 is 0 Å². The van der Waals surface area contributed by atoms with Crippen LogP contribution in [0.4, 0.5) is 5.69 Å². The Hall–Kier alpha value is -1.80. The lowest BCUT2D eigenvalue weighted by Crippen LogP contribution is -2.35. The molecule has 0 aliphatic carbocycles. The molecule has 1 aliphatic rings. The summed E-state index contributed by atoms with van der Waals surface area (Å²) in [6, 6.07) is 17.9. The molecule has 2 aromatic carbocycles. The van der Waals surface area contributed by atoms with Gasteiger partial charge < -0.3 is 10.2 Å². The summed E-state index contributed by atoms with van der Waals surface area (Å²) >= 11 is 0. The second-order valence-electron chi connectivity index (χ2n) is 6.85. The van der Waals surface area contributed by atoms with Gasteiger partial charge in [0.2, 0.25) is 0 Å². The maximum atomic E-state index is 3.78. The average Bonchev–Trinajstić information content (AvgIpc) is 2.55. The molecule has 3 rings (SSSR count). The molecule has 0 bridgehead atoms. The van der Waals surface area contributed by atoms with Crippen LogP contribution in [0.3, 0.4) is 0 Å². The minimum absolute atomic E-state index is 0.343. The SMILES string of the molecule is Cc1cc(C)cc(N[C@H](CN2CCCCC2)c2ccccc2)c1. The first-order valence-electron chi connectivity index (χ1n) is 8.83. The summed E-state index contributed by atoms with van der Waals surface area (Å²) in [7, 11) is 0. The first-order valence-corrected chi connectivity index (χ1v) is 8.83. The minimum Gasteiger partial charge on any atom is -0.377 e. The van der Waals surface area contributed by atoms with E-state index < -0.39 is 0 Å². The summed E-state index contributed by atoms with van der Waals surface area (Å²) in [5.41, 5.74) is 5.24. The van der Waals surface area contributed by atoms with E-state index in [1.165, 1.54) is 54.7 Å². The van der Waals surface area contributed by atoms with E-state index in [-0.39, 0.29) is 0 Å². The summed E-state index contributed by atoms with van der Waals surface area (Å²) in [4.78, 5) is 2.61. The molecule has 0 aromatic heterocycles. The molecule has 1 aliphatic heterocycles. The van der Waals surface area contributed by atoms with Gasteiger partial charge in [0.05, 0.1) is 6.04 Å². The molecule has 0 amide bonds. The molecule has 1 fully saturated rings. The topological polar surface area (TPSA) is 15.3 Å². The predicted molar refractivity (Wildman–Crippen MR) is 99.0 cm³/mol. The minimum atomic E-state index is 0.343. The smallest absolute Gasteiger partial charge is 0.0640 e. The fraction of sp³-hybridized carbons (Fsp3) is 0.429. The number of anilines is 1. The first kappa shape index (κ1) is 16.1. The van der Waals surface area contributed by atoms with Crippen molar-refractivity contribution in [2.24, 2.45) is 0 Å². The van der Waals surface area contributed by atoms with Crippen LogP contribution in [-0.4, -0.2) is 24.5 Å². The van der Waals surface area contributed by atoms with Crippen molar-refractivity contribution in [2.75, 3.05) is 25.0 Å². The highest BCUT2D eigenvalue weighted by atomic mass is 15.2. The van der Waals surface area contributed by atoms with Gasteiger partial charge in [-0.1, -0.05) is 42.8 Å². The van der Waals surface area contributed by atoms with Gasteiger partial charge in [-0.05, 0) is 68.6 Å². The monoisotopic (exact) mass is 308 g/mol. The van der Waals surface area contributed by atoms with E-state index >= 15 is 0 Å². The maximum Gasteiger partial charge on any atom is 0.0640 e. The maximum absolute atomic E-state index is 3.78. The van der Waals surface area contributed by atoms with Crippen molar-refractivity contribution in [1.29, 1.82) is 0 Å². The average molecular weight is 308 g/mol. The van der Waals surface area contributed by atoms with E-state index in [0.29, 0.717) is 6.04 Å². The molecule has 1 saturated heterocycles. The number of aryl methyl sites for hydroxylation is 2. The Kier molecular flexibility index (Phi) is 5.35. The summed E-state index contributed by atoms with van der Waals surface area (Å²) in [6.07, 6.45) is 4.06. The largest absolute Gasteiger partial charge is 0.377 e. The summed E-state index contributed by atoms with van der Waals surface area (Å²) in [5.74, 6) is 0. The number of hydrogen-bond donors (Lipinski definition) is 1.